The van der Waals surface area contributed by atoms with Gasteiger partial charge in [0.05, 0.1) is 6.54 Å². The average Bonchev–Trinajstić information content (AvgIpc) is 2.91. The van der Waals surface area contributed by atoms with Crippen molar-refractivity contribution in [3.8, 4) is 0 Å². The summed E-state index contributed by atoms with van der Waals surface area (Å²) in [6.45, 7) is 3.54. The van der Waals surface area contributed by atoms with E-state index in [1.165, 1.54) is 27.5 Å². The number of carbonyl (C=O) groups is 1. The molecule has 0 aliphatic carbocycles. The summed E-state index contributed by atoms with van der Waals surface area (Å²) >= 11 is 1.80. The molecule has 2 atom stereocenters. The number of hydrogen-bond donors (Lipinski definition) is 2. The lowest BCUT2D eigenvalue weighted by molar-refractivity contribution is -0.923. The highest BCUT2D eigenvalue weighted by molar-refractivity contribution is 7.10. The van der Waals surface area contributed by atoms with E-state index in [4.69, 9.17) is 0 Å². The fourth-order valence-corrected chi connectivity index (χ4v) is 3.85. The van der Waals surface area contributed by atoms with Gasteiger partial charge in [-0.1, -0.05) is 6.07 Å². The van der Waals surface area contributed by atoms with Gasteiger partial charge in [-0.25, -0.2) is 4.39 Å². The van der Waals surface area contributed by atoms with Crippen molar-refractivity contribution in [2.45, 2.75) is 19.4 Å². The van der Waals surface area contributed by atoms with E-state index < -0.39 is 0 Å². The van der Waals surface area contributed by atoms with Gasteiger partial charge in [0.15, 0.2) is 6.54 Å². The maximum atomic E-state index is 13.1. The highest BCUT2D eigenvalue weighted by Gasteiger charge is 2.29. The molecule has 0 saturated heterocycles. The number of halogens is 1. The quantitative estimate of drug-likeness (QED) is 0.894. The van der Waals surface area contributed by atoms with Crippen LogP contribution in [0, 0.1) is 5.82 Å². The van der Waals surface area contributed by atoms with Gasteiger partial charge in [0.25, 0.3) is 5.91 Å². The maximum Gasteiger partial charge on any atom is 0.279 e. The number of quaternary nitrogens is 1. The van der Waals surface area contributed by atoms with Crippen molar-refractivity contribution in [1.29, 1.82) is 0 Å². The van der Waals surface area contributed by atoms with Gasteiger partial charge in [-0.3, -0.25) is 4.79 Å². The number of nitrogens with one attached hydrogen (secondary N) is 2. The van der Waals surface area contributed by atoms with Gasteiger partial charge in [-0.05, 0) is 36.6 Å². The molecule has 3 rings (SSSR count). The Morgan fingerprint density at radius 1 is 1.48 bits per heavy atom. The normalized spacial score (nSPS) is 20.9. The minimum absolute atomic E-state index is 0.0684. The third kappa shape index (κ3) is 3.14. The molecular weight excluding hydrogens is 287 g/mol. The average molecular weight is 305 g/mol. The molecule has 2 N–H and O–H groups in total. The first kappa shape index (κ1) is 14.2. The van der Waals surface area contributed by atoms with Gasteiger partial charge in [0.1, 0.15) is 11.9 Å². The van der Waals surface area contributed by atoms with E-state index in [-0.39, 0.29) is 11.7 Å². The molecule has 1 amide bonds. The summed E-state index contributed by atoms with van der Waals surface area (Å²) in [7, 11) is 0. The fourth-order valence-electron chi connectivity index (χ4n) is 2.87. The number of carbonyl (C=O) groups excluding carboxylic acids is 1. The molecule has 1 aliphatic heterocycles. The van der Waals surface area contributed by atoms with Crippen molar-refractivity contribution in [2.75, 3.05) is 18.4 Å². The zero-order chi connectivity index (χ0) is 14.8. The number of fused-ring (bicyclic) bond motifs is 1. The number of rotatable bonds is 3. The van der Waals surface area contributed by atoms with Crippen LogP contribution in [0.4, 0.5) is 10.1 Å². The molecule has 0 spiro atoms. The molecule has 1 aliphatic rings. The third-order valence-electron chi connectivity index (χ3n) is 4.03. The molecule has 0 bridgehead atoms. The van der Waals surface area contributed by atoms with Crippen LogP contribution in [0.2, 0.25) is 0 Å². The lowest BCUT2D eigenvalue weighted by Gasteiger charge is -2.29. The first-order valence-electron chi connectivity index (χ1n) is 7.10. The molecule has 110 valence electrons. The highest BCUT2D eigenvalue weighted by atomic mass is 32.1. The van der Waals surface area contributed by atoms with Crippen LogP contribution >= 0.6 is 11.3 Å². The van der Waals surface area contributed by atoms with Gasteiger partial charge >= 0.3 is 0 Å². The lowest BCUT2D eigenvalue weighted by atomic mass is 10.0. The summed E-state index contributed by atoms with van der Waals surface area (Å²) in [6.07, 6.45) is 1.03. The van der Waals surface area contributed by atoms with E-state index in [1.54, 1.807) is 23.5 Å². The molecule has 3 nitrogen and oxygen atoms in total. The minimum Gasteiger partial charge on any atom is -0.321 e. The Balaban J connectivity index is 1.63. The molecule has 0 saturated carbocycles. The van der Waals surface area contributed by atoms with Crippen LogP contribution in [0.5, 0.6) is 0 Å². The Morgan fingerprint density at radius 2 is 2.33 bits per heavy atom. The van der Waals surface area contributed by atoms with E-state index in [0.29, 0.717) is 18.3 Å². The zero-order valence-corrected chi connectivity index (χ0v) is 12.7. The second kappa shape index (κ2) is 5.95. The number of benzene rings is 1. The number of hydrogen-bond acceptors (Lipinski definition) is 2. The van der Waals surface area contributed by atoms with Gasteiger partial charge in [0, 0.05) is 22.5 Å². The second-order valence-corrected chi connectivity index (χ2v) is 6.42. The molecule has 0 fully saturated rings. The predicted octanol–water partition coefficient (Wildman–Crippen LogP) is 2.03. The molecule has 2 heterocycles. The van der Waals surface area contributed by atoms with Crippen LogP contribution in [-0.2, 0) is 11.2 Å². The number of thiophene rings is 1. The Bertz CT molecular complexity index is 655. The van der Waals surface area contributed by atoms with Crippen molar-refractivity contribution in [2.24, 2.45) is 0 Å². The summed E-state index contributed by atoms with van der Waals surface area (Å²) in [6, 6.07) is 8.49. The summed E-state index contributed by atoms with van der Waals surface area (Å²) in [4.78, 5) is 14.8. The van der Waals surface area contributed by atoms with Crippen LogP contribution < -0.4 is 10.2 Å². The monoisotopic (exact) mass is 305 g/mol. The van der Waals surface area contributed by atoms with Crippen LogP contribution in [-0.4, -0.2) is 19.0 Å². The maximum absolute atomic E-state index is 13.1. The van der Waals surface area contributed by atoms with Crippen molar-refractivity contribution < 1.29 is 14.1 Å². The molecule has 1 aromatic heterocycles. The Hall–Kier alpha value is -1.72. The van der Waals surface area contributed by atoms with Crippen LogP contribution in [0.1, 0.15) is 23.4 Å². The van der Waals surface area contributed by atoms with E-state index in [2.05, 4.69) is 23.7 Å². The summed E-state index contributed by atoms with van der Waals surface area (Å²) in [5.41, 5.74) is 1.88. The lowest BCUT2D eigenvalue weighted by Crippen LogP contribution is -3.14. The number of amides is 1. The van der Waals surface area contributed by atoms with Crippen molar-refractivity contribution in [3.05, 3.63) is 52.0 Å². The molecule has 0 radical (unpaired) electrons. The smallest absolute Gasteiger partial charge is 0.279 e. The van der Waals surface area contributed by atoms with Crippen molar-refractivity contribution >= 4 is 22.9 Å². The van der Waals surface area contributed by atoms with E-state index >= 15 is 0 Å². The van der Waals surface area contributed by atoms with Crippen LogP contribution in [0.15, 0.2) is 35.7 Å². The zero-order valence-electron chi connectivity index (χ0n) is 11.9. The van der Waals surface area contributed by atoms with Gasteiger partial charge in [-0.2, -0.15) is 0 Å². The SMILES string of the molecule is C[C@@H]1c2ccsc2CC[NH+]1CC(=O)Nc1cccc(F)c1. The summed E-state index contributed by atoms with van der Waals surface area (Å²) in [5, 5.41) is 4.89. The topological polar surface area (TPSA) is 33.5 Å². The van der Waals surface area contributed by atoms with E-state index in [9.17, 15) is 9.18 Å². The summed E-state index contributed by atoms with van der Waals surface area (Å²) < 4.78 is 13.1. The molecule has 5 heteroatoms. The van der Waals surface area contributed by atoms with E-state index in [0.717, 1.165) is 13.0 Å². The first-order valence-corrected chi connectivity index (χ1v) is 7.97. The first-order chi connectivity index (χ1) is 10.1. The molecule has 21 heavy (non-hydrogen) atoms. The van der Waals surface area contributed by atoms with Crippen LogP contribution in [0.3, 0.4) is 0 Å². The third-order valence-corrected chi connectivity index (χ3v) is 5.02. The predicted molar refractivity (Wildman–Crippen MR) is 82.2 cm³/mol. The second-order valence-electron chi connectivity index (χ2n) is 5.41. The number of anilines is 1. The van der Waals surface area contributed by atoms with Gasteiger partial charge in [0.2, 0.25) is 0 Å². The van der Waals surface area contributed by atoms with Crippen molar-refractivity contribution in [3.63, 3.8) is 0 Å². The fraction of sp³-hybridized carbons (Fsp3) is 0.312. The standard InChI is InChI=1S/C16H17FN2OS/c1-11-14-6-8-21-15(14)5-7-19(11)10-16(20)18-13-4-2-3-12(17)9-13/h2-4,6,8-9,11H,5,7,10H2,1H3,(H,18,20)/p+1/t11-/m1/s1. The largest absolute Gasteiger partial charge is 0.321 e. The minimum atomic E-state index is -0.339. The molecule has 2 aromatic rings. The van der Waals surface area contributed by atoms with Crippen molar-refractivity contribution in [1.82, 2.24) is 0 Å². The van der Waals surface area contributed by atoms with Gasteiger partial charge in [-0.15, -0.1) is 11.3 Å². The Kier molecular flexibility index (Phi) is 4.03. The molecule has 1 unspecified atom stereocenters. The molecule has 1 aromatic carbocycles. The summed E-state index contributed by atoms with van der Waals surface area (Å²) in [5.74, 6) is -0.407. The van der Waals surface area contributed by atoms with Crippen LogP contribution in [0.25, 0.3) is 0 Å². The Morgan fingerprint density at radius 3 is 3.14 bits per heavy atom. The highest BCUT2D eigenvalue weighted by Crippen LogP contribution is 2.24. The van der Waals surface area contributed by atoms with E-state index in [1.807, 2.05) is 0 Å². The van der Waals surface area contributed by atoms with Gasteiger partial charge < -0.3 is 10.2 Å². The molecular formula is C16H18FN2OS+. The Labute approximate surface area is 127 Å².